The first kappa shape index (κ1) is 25.3. The average Bonchev–Trinajstić information content (AvgIpc) is 3.31. The van der Waals surface area contributed by atoms with Crippen molar-refractivity contribution in [2.24, 2.45) is 0 Å². The first-order valence-electron chi connectivity index (χ1n) is 12.4. The molecule has 1 aliphatic heterocycles. The topological polar surface area (TPSA) is 72.3 Å². The number of carbonyl (C=O) groups is 1. The zero-order valence-electron chi connectivity index (χ0n) is 20.7. The maximum absolute atomic E-state index is 12.3. The Kier molecular flexibility index (Phi) is 9.20. The minimum atomic E-state index is 0.120. The maximum Gasteiger partial charge on any atom is 0.220 e. The summed E-state index contributed by atoms with van der Waals surface area (Å²) in [7, 11) is 1.67. The molecule has 0 saturated carbocycles. The molecule has 1 amide bonds. The molecule has 0 radical (unpaired) electrons. The Morgan fingerprint density at radius 2 is 1.83 bits per heavy atom. The predicted molar refractivity (Wildman–Crippen MR) is 141 cm³/mol. The van der Waals surface area contributed by atoms with E-state index < -0.39 is 0 Å². The Bertz CT molecular complexity index is 1090. The van der Waals surface area contributed by atoms with Gasteiger partial charge < -0.3 is 15.0 Å². The van der Waals surface area contributed by atoms with Gasteiger partial charge in [-0.2, -0.15) is 0 Å². The number of hydrogen-bond donors (Lipinski definition) is 1. The van der Waals surface area contributed by atoms with Crippen molar-refractivity contribution in [3.05, 3.63) is 54.1 Å². The summed E-state index contributed by atoms with van der Waals surface area (Å²) in [6, 6.07) is 16.2. The summed E-state index contributed by atoms with van der Waals surface area (Å²) in [5.74, 6) is 2.43. The van der Waals surface area contributed by atoms with E-state index in [1.807, 2.05) is 28.8 Å². The second-order valence-corrected chi connectivity index (χ2v) is 9.95. The number of rotatable bonds is 11. The fourth-order valence-electron chi connectivity index (χ4n) is 4.31. The van der Waals surface area contributed by atoms with E-state index in [2.05, 4.69) is 51.6 Å². The molecule has 0 aliphatic carbocycles. The summed E-state index contributed by atoms with van der Waals surface area (Å²) in [5, 5.41) is 12.9. The summed E-state index contributed by atoms with van der Waals surface area (Å²) in [5.41, 5.74) is 3.09. The molecule has 0 unspecified atom stereocenters. The van der Waals surface area contributed by atoms with Gasteiger partial charge in [-0.15, -0.1) is 10.2 Å². The number of methoxy groups -OCH3 is 1. The van der Waals surface area contributed by atoms with Crippen molar-refractivity contribution in [2.45, 2.75) is 44.2 Å². The van der Waals surface area contributed by atoms with E-state index in [1.165, 1.54) is 24.8 Å². The summed E-state index contributed by atoms with van der Waals surface area (Å²) in [6.45, 7) is 6.06. The van der Waals surface area contributed by atoms with Gasteiger partial charge in [0.05, 0.1) is 12.8 Å². The molecule has 0 atom stereocenters. The molecule has 1 aliphatic rings. The van der Waals surface area contributed by atoms with Gasteiger partial charge in [0.15, 0.2) is 11.0 Å². The molecule has 1 fully saturated rings. The molecule has 1 N–H and O–H groups in total. The fourth-order valence-corrected chi connectivity index (χ4v) is 5.19. The van der Waals surface area contributed by atoms with Crippen LogP contribution in [0, 0.1) is 6.92 Å². The van der Waals surface area contributed by atoms with Crippen LogP contribution in [0.5, 0.6) is 5.75 Å². The third-order valence-electron chi connectivity index (χ3n) is 6.25. The number of benzene rings is 2. The van der Waals surface area contributed by atoms with Crippen molar-refractivity contribution in [2.75, 3.05) is 39.0 Å². The van der Waals surface area contributed by atoms with Crippen LogP contribution in [0.4, 0.5) is 0 Å². The van der Waals surface area contributed by atoms with Gasteiger partial charge in [-0.1, -0.05) is 60.1 Å². The number of piperidine rings is 1. The normalized spacial score (nSPS) is 14.1. The number of thioether (sulfide) groups is 1. The highest BCUT2D eigenvalue weighted by Gasteiger charge is 2.19. The van der Waals surface area contributed by atoms with Crippen LogP contribution in [0.1, 0.15) is 37.7 Å². The van der Waals surface area contributed by atoms with E-state index in [9.17, 15) is 4.79 Å². The smallest absolute Gasteiger partial charge is 0.220 e. The highest BCUT2D eigenvalue weighted by Crippen LogP contribution is 2.32. The number of likely N-dealkylation sites (tertiary alicyclic amines) is 1. The summed E-state index contributed by atoms with van der Waals surface area (Å²) < 4.78 is 7.68. The van der Waals surface area contributed by atoms with Crippen molar-refractivity contribution >= 4 is 17.7 Å². The fraction of sp³-hybridized carbons (Fsp3) is 0.444. The monoisotopic (exact) mass is 493 g/mol. The summed E-state index contributed by atoms with van der Waals surface area (Å²) in [6.07, 6.45) is 5.17. The standard InChI is InChI=1S/C27H35N5O2S/c1-21-12-14-22(15-13-21)26-29-30-27(32(26)23-9-4-5-10-24(23)34-2)35-20-8-11-25(33)28-16-19-31-17-6-3-7-18-31/h4-5,9-10,12-15H,3,6-8,11,16-20H2,1-2H3,(H,28,33). The lowest BCUT2D eigenvalue weighted by Gasteiger charge is -2.26. The van der Waals surface area contributed by atoms with E-state index in [1.54, 1.807) is 18.9 Å². The number of para-hydroxylation sites is 2. The number of nitrogens with one attached hydrogen (secondary N) is 1. The molecule has 1 saturated heterocycles. The van der Waals surface area contributed by atoms with Gasteiger partial charge in [0.2, 0.25) is 5.91 Å². The second kappa shape index (κ2) is 12.7. The highest BCUT2D eigenvalue weighted by molar-refractivity contribution is 7.99. The van der Waals surface area contributed by atoms with Crippen LogP contribution in [0.3, 0.4) is 0 Å². The van der Waals surface area contributed by atoms with Gasteiger partial charge in [-0.25, -0.2) is 0 Å². The lowest BCUT2D eigenvalue weighted by Crippen LogP contribution is -2.37. The van der Waals surface area contributed by atoms with E-state index in [0.717, 1.165) is 66.3 Å². The van der Waals surface area contributed by atoms with Crippen LogP contribution in [0.15, 0.2) is 53.7 Å². The minimum absolute atomic E-state index is 0.120. The molecular formula is C27H35N5O2S. The number of amides is 1. The van der Waals surface area contributed by atoms with E-state index in [4.69, 9.17) is 4.74 Å². The van der Waals surface area contributed by atoms with Crippen LogP contribution in [-0.2, 0) is 4.79 Å². The summed E-state index contributed by atoms with van der Waals surface area (Å²) in [4.78, 5) is 14.7. The van der Waals surface area contributed by atoms with Crippen molar-refractivity contribution in [3.63, 3.8) is 0 Å². The molecule has 3 aromatic rings. The Balaban J connectivity index is 1.37. The largest absolute Gasteiger partial charge is 0.495 e. The zero-order valence-corrected chi connectivity index (χ0v) is 21.5. The molecule has 2 aromatic carbocycles. The summed E-state index contributed by atoms with van der Waals surface area (Å²) >= 11 is 1.61. The number of nitrogens with zero attached hydrogens (tertiary/aromatic N) is 4. The minimum Gasteiger partial charge on any atom is -0.495 e. The van der Waals surface area contributed by atoms with Crippen LogP contribution in [0.25, 0.3) is 17.1 Å². The lowest BCUT2D eigenvalue weighted by atomic mass is 10.1. The van der Waals surface area contributed by atoms with E-state index >= 15 is 0 Å². The Hall–Kier alpha value is -2.84. The number of ether oxygens (including phenoxy) is 1. The van der Waals surface area contributed by atoms with Gasteiger partial charge in [-0.3, -0.25) is 9.36 Å². The highest BCUT2D eigenvalue weighted by atomic mass is 32.2. The van der Waals surface area contributed by atoms with Gasteiger partial charge in [-0.05, 0) is 51.4 Å². The first-order chi connectivity index (χ1) is 17.2. The number of aryl methyl sites for hydroxylation is 1. The maximum atomic E-state index is 12.3. The van der Waals surface area contributed by atoms with Crippen LogP contribution >= 0.6 is 11.8 Å². The van der Waals surface area contributed by atoms with Crippen molar-refractivity contribution in [1.82, 2.24) is 25.0 Å². The van der Waals surface area contributed by atoms with Gasteiger partial charge in [0, 0.05) is 30.8 Å². The molecular weight excluding hydrogens is 458 g/mol. The zero-order chi connectivity index (χ0) is 24.5. The number of carbonyl (C=O) groups excluding carboxylic acids is 1. The lowest BCUT2D eigenvalue weighted by molar-refractivity contribution is -0.121. The van der Waals surface area contributed by atoms with Crippen LogP contribution < -0.4 is 10.1 Å². The Morgan fingerprint density at radius 1 is 1.06 bits per heavy atom. The van der Waals surface area contributed by atoms with Crippen molar-refractivity contribution in [3.8, 4) is 22.8 Å². The molecule has 7 nitrogen and oxygen atoms in total. The molecule has 4 rings (SSSR count). The second-order valence-electron chi connectivity index (χ2n) is 8.88. The van der Waals surface area contributed by atoms with Gasteiger partial charge >= 0.3 is 0 Å². The third kappa shape index (κ3) is 6.86. The predicted octanol–water partition coefficient (Wildman–Crippen LogP) is 4.73. The van der Waals surface area contributed by atoms with E-state index in [0.29, 0.717) is 6.42 Å². The van der Waals surface area contributed by atoms with Crippen LogP contribution in [-0.4, -0.2) is 64.6 Å². The van der Waals surface area contributed by atoms with Crippen LogP contribution in [0.2, 0.25) is 0 Å². The third-order valence-corrected chi connectivity index (χ3v) is 7.26. The number of hydrogen-bond acceptors (Lipinski definition) is 6. The first-order valence-corrected chi connectivity index (χ1v) is 13.4. The molecule has 35 heavy (non-hydrogen) atoms. The SMILES string of the molecule is COc1ccccc1-n1c(SCCCC(=O)NCCN2CCCCC2)nnc1-c1ccc(C)cc1. The Morgan fingerprint density at radius 3 is 2.60 bits per heavy atom. The molecule has 0 bridgehead atoms. The van der Waals surface area contributed by atoms with Gasteiger partial charge in [0.25, 0.3) is 0 Å². The molecule has 2 heterocycles. The van der Waals surface area contributed by atoms with E-state index in [-0.39, 0.29) is 5.91 Å². The van der Waals surface area contributed by atoms with Gasteiger partial charge in [0.1, 0.15) is 5.75 Å². The quantitative estimate of drug-likeness (QED) is 0.308. The molecule has 1 aromatic heterocycles. The molecule has 186 valence electrons. The Labute approximate surface area is 212 Å². The number of aromatic nitrogens is 3. The molecule has 0 spiro atoms. The average molecular weight is 494 g/mol. The van der Waals surface area contributed by atoms with Crippen molar-refractivity contribution < 1.29 is 9.53 Å². The van der Waals surface area contributed by atoms with Crippen molar-refractivity contribution in [1.29, 1.82) is 0 Å². The molecule has 8 heteroatoms.